The van der Waals surface area contributed by atoms with Crippen molar-refractivity contribution >= 4 is 34.4 Å². The minimum Gasteiger partial charge on any atom is -0.507 e. The zero-order valence-electron chi connectivity index (χ0n) is 20.2. The third kappa shape index (κ3) is 4.11. The van der Waals surface area contributed by atoms with Gasteiger partial charge < -0.3 is 14.8 Å². The molecule has 1 aliphatic heterocycles. The zero-order chi connectivity index (χ0) is 25.4. The Labute approximate surface area is 208 Å². The van der Waals surface area contributed by atoms with Gasteiger partial charge in [0.25, 0.3) is 5.78 Å². The number of fused-ring (bicyclic) bond motifs is 1. The number of nitrogens with zero attached hydrogens (tertiary/aromatic N) is 3. The van der Waals surface area contributed by atoms with E-state index in [1.807, 2.05) is 31.2 Å². The fourth-order valence-corrected chi connectivity index (χ4v) is 4.34. The minimum atomic E-state index is -0.884. The number of nitrogens with one attached hydrogen (secondary N) is 1. The van der Waals surface area contributed by atoms with Crippen molar-refractivity contribution in [1.82, 2.24) is 15.0 Å². The first kappa shape index (κ1) is 23.3. The lowest BCUT2D eigenvalue weighted by molar-refractivity contribution is -0.132. The van der Waals surface area contributed by atoms with E-state index in [9.17, 15) is 14.7 Å². The lowest BCUT2D eigenvalue weighted by Crippen LogP contribution is -2.30. The molecule has 182 valence electrons. The van der Waals surface area contributed by atoms with Gasteiger partial charge in [0.05, 0.1) is 29.3 Å². The standard InChI is InChI=1S/C28H26N4O4/c1-16(2)15-36-22-9-8-19(14-17(22)3)25(33)23-24(18-10-12-29-13-11-18)32(27(35)26(23)34)28-30-20-6-4-5-7-21(20)31-28/h4-14,16,24,33H,15H2,1-3H3,(H,30,31)/b25-23+. The fourth-order valence-electron chi connectivity index (χ4n) is 4.34. The Hall–Kier alpha value is -4.46. The van der Waals surface area contributed by atoms with Gasteiger partial charge in [0.2, 0.25) is 5.95 Å². The molecule has 3 heterocycles. The van der Waals surface area contributed by atoms with Gasteiger partial charge in [-0.15, -0.1) is 0 Å². The van der Waals surface area contributed by atoms with E-state index in [0.29, 0.717) is 34.9 Å². The van der Waals surface area contributed by atoms with Crippen molar-refractivity contribution in [3.05, 3.63) is 89.3 Å². The summed E-state index contributed by atoms with van der Waals surface area (Å²) in [4.78, 5) is 39.7. The molecular formula is C28H26N4O4. The Morgan fingerprint density at radius 1 is 1.11 bits per heavy atom. The molecule has 1 aliphatic rings. The Morgan fingerprint density at radius 3 is 2.56 bits per heavy atom. The van der Waals surface area contributed by atoms with Gasteiger partial charge in [0, 0.05) is 18.0 Å². The second kappa shape index (κ2) is 9.30. The predicted octanol–water partition coefficient (Wildman–Crippen LogP) is 4.93. The number of benzene rings is 2. The maximum Gasteiger partial charge on any atom is 0.302 e. The summed E-state index contributed by atoms with van der Waals surface area (Å²) >= 11 is 0. The van der Waals surface area contributed by atoms with Gasteiger partial charge in [-0.25, -0.2) is 4.98 Å². The third-order valence-electron chi connectivity index (χ3n) is 6.09. The van der Waals surface area contributed by atoms with Gasteiger partial charge in [0.1, 0.15) is 11.5 Å². The van der Waals surface area contributed by atoms with Crippen LogP contribution in [-0.2, 0) is 9.59 Å². The van der Waals surface area contributed by atoms with Crippen LogP contribution in [0.15, 0.2) is 72.6 Å². The van der Waals surface area contributed by atoms with Crippen LogP contribution in [0.4, 0.5) is 5.95 Å². The molecule has 1 atom stereocenters. The van der Waals surface area contributed by atoms with Gasteiger partial charge in [-0.2, -0.15) is 0 Å². The summed E-state index contributed by atoms with van der Waals surface area (Å²) in [7, 11) is 0. The highest BCUT2D eigenvalue weighted by Crippen LogP contribution is 2.41. The van der Waals surface area contributed by atoms with Crippen molar-refractivity contribution in [3.63, 3.8) is 0 Å². The average Bonchev–Trinajstić information content (AvgIpc) is 3.41. The normalized spacial score (nSPS) is 17.3. The van der Waals surface area contributed by atoms with E-state index >= 15 is 0 Å². The number of H-pyrrole nitrogens is 1. The maximum absolute atomic E-state index is 13.3. The van der Waals surface area contributed by atoms with Crippen molar-refractivity contribution in [3.8, 4) is 5.75 Å². The molecule has 8 nitrogen and oxygen atoms in total. The first-order chi connectivity index (χ1) is 17.3. The number of aliphatic hydroxyl groups is 1. The molecule has 0 aliphatic carbocycles. The molecular weight excluding hydrogens is 456 g/mol. The molecule has 2 N–H and O–H groups in total. The smallest absolute Gasteiger partial charge is 0.302 e. The fraction of sp³-hybridized carbons (Fsp3) is 0.214. The summed E-state index contributed by atoms with van der Waals surface area (Å²) in [6.07, 6.45) is 3.16. The van der Waals surface area contributed by atoms with Gasteiger partial charge in [-0.05, 0) is 66.4 Å². The molecule has 36 heavy (non-hydrogen) atoms. The molecule has 0 bridgehead atoms. The Bertz CT molecular complexity index is 1460. The van der Waals surface area contributed by atoms with Crippen molar-refractivity contribution in [2.45, 2.75) is 26.8 Å². The Balaban J connectivity index is 1.63. The van der Waals surface area contributed by atoms with Crippen molar-refractivity contribution in [2.24, 2.45) is 5.92 Å². The van der Waals surface area contributed by atoms with Crippen LogP contribution in [0.3, 0.4) is 0 Å². The van der Waals surface area contributed by atoms with Crippen LogP contribution in [0, 0.1) is 12.8 Å². The second-order valence-corrected chi connectivity index (χ2v) is 9.21. The molecule has 1 fully saturated rings. The summed E-state index contributed by atoms with van der Waals surface area (Å²) in [5.74, 6) is -0.514. The van der Waals surface area contributed by atoms with Crippen LogP contribution < -0.4 is 9.64 Å². The number of ketones is 1. The molecule has 1 unspecified atom stereocenters. The zero-order valence-corrected chi connectivity index (χ0v) is 20.2. The number of aromatic nitrogens is 3. The van der Waals surface area contributed by atoms with Gasteiger partial charge >= 0.3 is 5.91 Å². The number of hydrogen-bond donors (Lipinski definition) is 2. The SMILES string of the molecule is Cc1cc(/C(O)=C2\C(=O)C(=O)N(c3nc4ccccc4[nH]3)C2c2ccncc2)ccc1OCC(C)C. The van der Waals surface area contributed by atoms with E-state index in [0.717, 1.165) is 11.1 Å². The largest absolute Gasteiger partial charge is 0.507 e. The monoisotopic (exact) mass is 482 g/mol. The topological polar surface area (TPSA) is 108 Å². The highest BCUT2D eigenvalue weighted by atomic mass is 16.5. The van der Waals surface area contributed by atoms with E-state index < -0.39 is 17.7 Å². The number of amides is 1. The number of pyridine rings is 1. The van der Waals surface area contributed by atoms with E-state index in [-0.39, 0.29) is 17.3 Å². The van der Waals surface area contributed by atoms with Gasteiger partial charge in [0.15, 0.2) is 0 Å². The molecule has 2 aromatic heterocycles. The summed E-state index contributed by atoms with van der Waals surface area (Å²) in [5, 5.41) is 11.4. The van der Waals surface area contributed by atoms with E-state index in [2.05, 4.69) is 28.8 Å². The summed E-state index contributed by atoms with van der Waals surface area (Å²) < 4.78 is 5.84. The first-order valence-corrected chi connectivity index (χ1v) is 11.7. The summed E-state index contributed by atoms with van der Waals surface area (Å²) in [6, 6.07) is 15.1. The quantitative estimate of drug-likeness (QED) is 0.229. The predicted molar refractivity (Wildman–Crippen MR) is 137 cm³/mol. The first-order valence-electron chi connectivity index (χ1n) is 11.7. The van der Waals surface area contributed by atoms with Gasteiger partial charge in [-0.1, -0.05) is 26.0 Å². The highest BCUT2D eigenvalue weighted by Gasteiger charge is 2.48. The molecule has 0 spiro atoms. The lowest BCUT2D eigenvalue weighted by Gasteiger charge is -2.23. The van der Waals surface area contributed by atoms with Crippen molar-refractivity contribution in [2.75, 3.05) is 11.5 Å². The molecule has 1 saturated heterocycles. The third-order valence-corrected chi connectivity index (χ3v) is 6.09. The van der Waals surface area contributed by atoms with Crippen LogP contribution in [0.1, 0.15) is 36.6 Å². The number of carbonyl (C=O) groups excluding carboxylic acids is 2. The van der Waals surface area contributed by atoms with Crippen LogP contribution >= 0.6 is 0 Å². The van der Waals surface area contributed by atoms with Crippen LogP contribution in [0.5, 0.6) is 5.75 Å². The highest BCUT2D eigenvalue weighted by molar-refractivity contribution is 6.51. The molecule has 2 aromatic carbocycles. The van der Waals surface area contributed by atoms with Crippen LogP contribution in [0.25, 0.3) is 16.8 Å². The maximum atomic E-state index is 13.3. The van der Waals surface area contributed by atoms with Crippen molar-refractivity contribution in [1.29, 1.82) is 0 Å². The molecule has 8 heteroatoms. The number of ether oxygens (including phenoxy) is 1. The number of rotatable bonds is 6. The number of anilines is 1. The number of aliphatic hydroxyl groups excluding tert-OH is 1. The number of aromatic amines is 1. The van der Waals surface area contributed by atoms with Crippen LogP contribution in [0.2, 0.25) is 0 Å². The molecule has 0 radical (unpaired) electrons. The van der Waals surface area contributed by atoms with Crippen LogP contribution in [-0.4, -0.2) is 38.4 Å². The molecule has 0 saturated carbocycles. The van der Waals surface area contributed by atoms with Crippen molar-refractivity contribution < 1.29 is 19.4 Å². The summed E-state index contributed by atoms with van der Waals surface area (Å²) in [5.41, 5.74) is 3.24. The summed E-state index contributed by atoms with van der Waals surface area (Å²) in [6.45, 7) is 6.57. The number of para-hydroxylation sites is 2. The number of Topliss-reactive ketones (excluding diaryl/α,β-unsaturated/α-hetero) is 1. The Kier molecular flexibility index (Phi) is 6.01. The van der Waals surface area contributed by atoms with E-state index in [4.69, 9.17) is 4.74 Å². The number of carbonyl (C=O) groups is 2. The second-order valence-electron chi connectivity index (χ2n) is 9.21. The molecule has 4 aromatic rings. The van der Waals surface area contributed by atoms with Gasteiger partial charge in [-0.3, -0.25) is 19.5 Å². The number of imidazole rings is 1. The van der Waals surface area contributed by atoms with E-state index in [1.165, 1.54) is 4.90 Å². The number of aryl methyl sites for hydroxylation is 1. The molecule has 5 rings (SSSR count). The lowest BCUT2D eigenvalue weighted by atomic mass is 9.95. The Morgan fingerprint density at radius 2 is 1.86 bits per heavy atom. The molecule has 1 amide bonds. The van der Waals surface area contributed by atoms with E-state index in [1.54, 1.807) is 42.7 Å². The minimum absolute atomic E-state index is 0.0121. The number of hydrogen-bond acceptors (Lipinski definition) is 6. The average molecular weight is 483 g/mol.